The third-order valence-electron chi connectivity index (χ3n) is 4.32. The Morgan fingerprint density at radius 2 is 1.86 bits per heavy atom. The number of amides is 1. The zero-order valence-electron chi connectivity index (χ0n) is 13.0. The summed E-state index contributed by atoms with van der Waals surface area (Å²) < 4.78 is 5.07. The monoisotopic (exact) mass is 299 g/mol. The van der Waals surface area contributed by atoms with Gasteiger partial charge in [0.05, 0.1) is 32.8 Å². The number of benzene rings is 2. The molecule has 22 heavy (non-hydrogen) atoms. The quantitative estimate of drug-likeness (QED) is 0.936. The number of nitrogens with zero attached hydrogens (tertiary/aromatic N) is 1. The minimum absolute atomic E-state index is 0.174. The van der Waals surface area contributed by atoms with Crippen molar-refractivity contribution in [1.29, 1.82) is 0 Å². The van der Waals surface area contributed by atoms with Gasteiger partial charge in [-0.25, -0.2) is 4.79 Å². The summed E-state index contributed by atoms with van der Waals surface area (Å²) in [4.78, 5) is 15.1. The van der Waals surface area contributed by atoms with Crippen LogP contribution in [0, 0.1) is 0 Å². The molecule has 1 aliphatic heterocycles. The molecule has 0 bridgehead atoms. The van der Waals surface area contributed by atoms with E-state index in [1.807, 2.05) is 11.8 Å². The highest BCUT2D eigenvalue weighted by molar-refractivity contribution is 5.85. The van der Waals surface area contributed by atoms with Crippen molar-refractivity contribution >= 4 is 16.9 Å². The van der Waals surface area contributed by atoms with Crippen molar-refractivity contribution in [3.8, 4) is 0 Å². The summed E-state index contributed by atoms with van der Waals surface area (Å²) in [6.45, 7) is 6.81. The lowest BCUT2D eigenvalue weighted by molar-refractivity contribution is -0.917. The summed E-state index contributed by atoms with van der Waals surface area (Å²) >= 11 is 0. The standard InChI is InChI=1S/C18H22N2O2/c1-2-22-18(21)20-12-10-19(11-13-20)14-16-8-5-7-15-6-3-4-9-17(15)16/h3-9H,2,10-14H2,1H3/p+1. The fraction of sp³-hybridized carbons (Fsp3) is 0.389. The maximum Gasteiger partial charge on any atom is 0.410 e. The lowest BCUT2D eigenvalue weighted by Crippen LogP contribution is -3.13. The molecule has 1 N–H and O–H groups in total. The molecule has 1 fully saturated rings. The van der Waals surface area contributed by atoms with E-state index in [2.05, 4.69) is 42.5 Å². The third kappa shape index (κ3) is 3.22. The van der Waals surface area contributed by atoms with Crippen LogP contribution in [-0.4, -0.2) is 43.8 Å². The van der Waals surface area contributed by atoms with E-state index in [1.54, 1.807) is 0 Å². The van der Waals surface area contributed by atoms with Crippen LogP contribution in [0.2, 0.25) is 0 Å². The van der Waals surface area contributed by atoms with Crippen LogP contribution in [0.25, 0.3) is 10.8 Å². The molecule has 2 aromatic carbocycles. The molecule has 4 heteroatoms. The predicted octanol–water partition coefficient (Wildman–Crippen LogP) is 1.70. The van der Waals surface area contributed by atoms with Gasteiger partial charge in [0.15, 0.2) is 0 Å². The summed E-state index contributed by atoms with van der Waals surface area (Å²) in [5, 5.41) is 2.63. The summed E-state index contributed by atoms with van der Waals surface area (Å²) in [7, 11) is 0. The Hall–Kier alpha value is -2.07. The van der Waals surface area contributed by atoms with Crippen LogP contribution >= 0.6 is 0 Å². The van der Waals surface area contributed by atoms with Gasteiger partial charge >= 0.3 is 6.09 Å². The largest absolute Gasteiger partial charge is 0.450 e. The Morgan fingerprint density at radius 1 is 1.14 bits per heavy atom. The van der Waals surface area contributed by atoms with Crippen LogP contribution in [0.1, 0.15) is 12.5 Å². The van der Waals surface area contributed by atoms with Gasteiger partial charge in [-0.2, -0.15) is 0 Å². The van der Waals surface area contributed by atoms with Crippen LogP contribution in [0.3, 0.4) is 0 Å². The van der Waals surface area contributed by atoms with Gasteiger partial charge in [0.2, 0.25) is 0 Å². The number of carbonyl (C=O) groups excluding carboxylic acids is 1. The van der Waals surface area contributed by atoms with Crippen LogP contribution in [0.5, 0.6) is 0 Å². The Bertz CT molecular complexity index is 643. The first-order chi connectivity index (χ1) is 10.8. The van der Waals surface area contributed by atoms with E-state index < -0.39 is 0 Å². The van der Waals surface area contributed by atoms with Crippen molar-refractivity contribution in [2.75, 3.05) is 32.8 Å². The topological polar surface area (TPSA) is 34.0 Å². The van der Waals surface area contributed by atoms with Crippen LogP contribution in [-0.2, 0) is 11.3 Å². The van der Waals surface area contributed by atoms with E-state index in [-0.39, 0.29) is 6.09 Å². The van der Waals surface area contributed by atoms with Crippen molar-refractivity contribution in [3.05, 3.63) is 48.0 Å². The summed E-state index contributed by atoms with van der Waals surface area (Å²) in [6, 6.07) is 15.0. The molecule has 0 atom stereocenters. The fourth-order valence-corrected chi connectivity index (χ4v) is 3.11. The second-order valence-electron chi connectivity index (χ2n) is 5.75. The number of nitrogens with one attached hydrogen (secondary N) is 1. The van der Waals surface area contributed by atoms with E-state index in [1.165, 1.54) is 21.2 Å². The van der Waals surface area contributed by atoms with Gasteiger partial charge in [0, 0.05) is 5.56 Å². The van der Waals surface area contributed by atoms with Gasteiger partial charge in [-0.3, -0.25) is 4.90 Å². The number of carbonyl (C=O) groups is 1. The summed E-state index contributed by atoms with van der Waals surface area (Å²) in [5.74, 6) is 0. The number of piperazine rings is 1. The normalized spacial score (nSPS) is 16.0. The Morgan fingerprint density at radius 3 is 2.64 bits per heavy atom. The van der Waals surface area contributed by atoms with Crippen LogP contribution in [0.15, 0.2) is 42.5 Å². The molecule has 0 aromatic heterocycles. The van der Waals surface area contributed by atoms with Gasteiger partial charge in [-0.15, -0.1) is 0 Å². The molecule has 4 nitrogen and oxygen atoms in total. The molecule has 0 unspecified atom stereocenters. The average Bonchev–Trinajstić information content (AvgIpc) is 2.56. The minimum atomic E-state index is -0.174. The van der Waals surface area contributed by atoms with E-state index in [0.717, 1.165) is 32.7 Å². The van der Waals surface area contributed by atoms with E-state index in [9.17, 15) is 4.79 Å². The van der Waals surface area contributed by atoms with Crippen molar-refractivity contribution < 1.29 is 14.4 Å². The summed E-state index contributed by atoms with van der Waals surface area (Å²) in [5.41, 5.74) is 1.39. The number of hydrogen-bond acceptors (Lipinski definition) is 2. The van der Waals surface area contributed by atoms with Gasteiger partial charge in [-0.1, -0.05) is 42.5 Å². The molecule has 2 aromatic rings. The first-order valence-electron chi connectivity index (χ1n) is 8.00. The number of rotatable bonds is 3. The Balaban J connectivity index is 1.64. The molecule has 1 aliphatic rings. The fourth-order valence-electron chi connectivity index (χ4n) is 3.11. The first kappa shape index (κ1) is 14.9. The predicted molar refractivity (Wildman–Crippen MR) is 86.9 cm³/mol. The van der Waals surface area contributed by atoms with Gasteiger partial charge in [0.1, 0.15) is 6.54 Å². The lowest BCUT2D eigenvalue weighted by atomic mass is 10.0. The molecular weight excluding hydrogens is 276 g/mol. The smallest absolute Gasteiger partial charge is 0.410 e. The minimum Gasteiger partial charge on any atom is -0.450 e. The van der Waals surface area contributed by atoms with Crippen molar-refractivity contribution in [1.82, 2.24) is 4.90 Å². The lowest BCUT2D eigenvalue weighted by Gasteiger charge is -2.31. The molecule has 1 heterocycles. The molecule has 3 rings (SSSR count). The number of ether oxygens (including phenoxy) is 1. The zero-order chi connectivity index (χ0) is 15.4. The maximum absolute atomic E-state index is 11.7. The second kappa shape index (κ2) is 6.79. The third-order valence-corrected chi connectivity index (χ3v) is 4.32. The van der Waals surface area contributed by atoms with E-state index in [0.29, 0.717) is 6.61 Å². The molecule has 0 aliphatic carbocycles. The maximum atomic E-state index is 11.7. The van der Waals surface area contributed by atoms with Gasteiger partial charge in [-0.05, 0) is 17.7 Å². The second-order valence-corrected chi connectivity index (χ2v) is 5.75. The molecule has 0 saturated carbocycles. The Labute approximate surface area is 131 Å². The molecule has 1 saturated heterocycles. The number of hydrogen-bond donors (Lipinski definition) is 1. The average molecular weight is 299 g/mol. The number of fused-ring (bicyclic) bond motifs is 1. The highest BCUT2D eigenvalue weighted by Crippen LogP contribution is 2.17. The number of quaternary nitrogens is 1. The van der Waals surface area contributed by atoms with Crippen LogP contribution in [0.4, 0.5) is 4.79 Å². The highest BCUT2D eigenvalue weighted by atomic mass is 16.6. The van der Waals surface area contributed by atoms with Gasteiger partial charge in [0.25, 0.3) is 0 Å². The van der Waals surface area contributed by atoms with Gasteiger partial charge < -0.3 is 9.64 Å². The summed E-state index contributed by atoms with van der Waals surface area (Å²) in [6.07, 6.45) is -0.174. The molecule has 116 valence electrons. The van der Waals surface area contributed by atoms with E-state index >= 15 is 0 Å². The van der Waals surface area contributed by atoms with E-state index in [4.69, 9.17) is 4.74 Å². The first-order valence-corrected chi connectivity index (χ1v) is 8.00. The molecule has 0 radical (unpaired) electrons. The molecular formula is C18H23N2O2+. The highest BCUT2D eigenvalue weighted by Gasteiger charge is 2.24. The van der Waals surface area contributed by atoms with Crippen LogP contribution < -0.4 is 4.90 Å². The SMILES string of the molecule is CCOC(=O)N1CC[NH+](Cc2cccc3ccccc23)CC1. The van der Waals surface area contributed by atoms with Crippen molar-refractivity contribution in [3.63, 3.8) is 0 Å². The Kier molecular flexibility index (Phi) is 4.59. The molecule has 0 spiro atoms. The zero-order valence-corrected chi connectivity index (χ0v) is 13.0. The molecule has 1 amide bonds. The van der Waals surface area contributed by atoms with Crippen molar-refractivity contribution in [2.45, 2.75) is 13.5 Å². The van der Waals surface area contributed by atoms with Crippen molar-refractivity contribution in [2.24, 2.45) is 0 Å².